The van der Waals surface area contributed by atoms with Crippen molar-refractivity contribution in [2.75, 3.05) is 26.2 Å². The van der Waals surface area contributed by atoms with Gasteiger partial charge in [-0.25, -0.2) is 4.39 Å². The molecule has 3 fully saturated rings. The molecule has 4 aliphatic rings. The van der Waals surface area contributed by atoms with E-state index in [1.165, 1.54) is 49.5 Å². The monoisotopic (exact) mass is 765 g/mol. The van der Waals surface area contributed by atoms with Crippen LogP contribution >= 0.6 is 11.6 Å². The average Bonchev–Trinajstić information content (AvgIpc) is 3.55. The lowest BCUT2D eigenvalue weighted by molar-refractivity contribution is -0.141. The number of ether oxygens (including phenoxy) is 2. The number of benzene rings is 4. The van der Waals surface area contributed by atoms with E-state index in [0.29, 0.717) is 22.6 Å². The van der Waals surface area contributed by atoms with E-state index in [4.69, 9.17) is 21.1 Å². The summed E-state index contributed by atoms with van der Waals surface area (Å²) in [4.78, 5) is 60.0. The molecule has 11 nitrogen and oxygen atoms in total. The third-order valence-electron chi connectivity index (χ3n) is 11.7. The molecule has 1 saturated carbocycles. The number of fused-ring (bicyclic) bond motifs is 4. The summed E-state index contributed by atoms with van der Waals surface area (Å²) in [6.07, 6.45) is 2.48. The van der Waals surface area contributed by atoms with Gasteiger partial charge >= 0.3 is 0 Å². The third-order valence-corrected chi connectivity index (χ3v) is 12.0. The Balaban J connectivity index is 1.30. The molecule has 55 heavy (non-hydrogen) atoms. The van der Waals surface area contributed by atoms with Gasteiger partial charge in [0.15, 0.2) is 0 Å². The zero-order chi connectivity index (χ0) is 38.8. The lowest BCUT2D eigenvalue weighted by Gasteiger charge is -2.50. The molecule has 2 aliphatic heterocycles. The van der Waals surface area contributed by atoms with E-state index in [1.807, 2.05) is 6.08 Å². The zero-order valence-corrected chi connectivity index (χ0v) is 30.6. The van der Waals surface area contributed by atoms with Crippen molar-refractivity contribution >= 4 is 40.9 Å². The molecule has 3 N–H and O–H groups in total. The maximum Gasteiger partial charge on any atom is 0.260 e. The molecule has 0 bridgehead atoms. The zero-order valence-electron chi connectivity index (χ0n) is 29.9. The average molecular weight is 766 g/mol. The molecule has 8 rings (SSSR count). The Morgan fingerprint density at radius 1 is 0.873 bits per heavy atom. The van der Waals surface area contributed by atoms with Crippen LogP contribution in [-0.4, -0.2) is 64.5 Å². The maximum atomic E-state index is 15.4. The van der Waals surface area contributed by atoms with Gasteiger partial charge in [-0.2, -0.15) is 5.01 Å². The van der Waals surface area contributed by atoms with E-state index >= 15 is 4.79 Å². The van der Waals surface area contributed by atoms with E-state index < -0.39 is 52.6 Å². The van der Waals surface area contributed by atoms with Crippen molar-refractivity contribution in [3.8, 4) is 23.0 Å². The largest absolute Gasteiger partial charge is 0.508 e. The fraction of sp³-hybridized carbons (Fsp3) is 0.286. The first-order valence-corrected chi connectivity index (χ1v) is 18.3. The Kier molecular flexibility index (Phi) is 9.03. The van der Waals surface area contributed by atoms with Gasteiger partial charge in [0.05, 0.1) is 43.1 Å². The van der Waals surface area contributed by atoms with Gasteiger partial charge in [-0.3, -0.25) is 29.5 Å². The predicted octanol–water partition coefficient (Wildman–Crippen LogP) is 6.14. The minimum Gasteiger partial charge on any atom is -0.508 e. The lowest BCUT2D eigenvalue weighted by atomic mass is 9.49. The van der Waals surface area contributed by atoms with Gasteiger partial charge in [0.25, 0.3) is 11.8 Å². The summed E-state index contributed by atoms with van der Waals surface area (Å²) >= 11 is 6.38. The molecule has 4 amide bonds. The molecule has 2 heterocycles. The highest BCUT2D eigenvalue weighted by Crippen LogP contribution is 2.66. The predicted molar refractivity (Wildman–Crippen MR) is 199 cm³/mol. The summed E-state index contributed by atoms with van der Waals surface area (Å²) in [6.45, 7) is 0.124. The normalized spacial score (nSPS) is 25.7. The number of methoxy groups -OCH3 is 2. The number of amides is 4. The number of allylic oxidation sites excluding steroid dienone is 2. The molecule has 2 saturated heterocycles. The number of imide groups is 2. The summed E-state index contributed by atoms with van der Waals surface area (Å²) < 4.78 is 25.2. The second-order valence-corrected chi connectivity index (χ2v) is 14.8. The molecule has 4 aromatic carbocycles. The Morgan fingerprint density at radius 3 is 2.25 bits per heavy atom. The number of carbonyl (C=O) groups excluding carboxylic acids is 4. The van der Waals surface area contributed by atoms with Gasteiger partial charge in [0.1, 0.15) is 28.8 Å². The van der Waals surface area contributed by atoms with Crippen LogP contribution in [0.3, 0.4) is 0 Å². The van der Waals surface area contributed by atoms with Gasteiger partial charge in [-0.05, 0) is 84.8 Å². The van der Waals surface area contributed by atoms with Crippen molar-refractivity contribution in [1.29, 1.82) is 0 Å². The number of anilines is 1. The van der Waals surface area contributed by atoms with E-state index in [2.05, 4.69) is 5.43 Å². The molecule has 0 aromatic heterocycles. The molecule has 0 radical (unpaired) electrons. The number of hydrazine groups is 1. The number of halogens is 2. The van der Waals surface area contributed by atoms with Crippen molar-refractivity contribution in [3.63, 3.8) is 0 Å². The number of phenolic OH excluding ortho intramolecular Hbond substituents is 2. The minimum atomic E-state index is -1.71. The van der Waals surface area contributed by atoms with Crippen LogP contribution in [0.25, 0.3) is 0 Å². The summed E-state index contributed by atoms with van der Waals surface area (Å²) in [5.74, 6) is -6.50. The first-order chi connectivity index (χ1) is 26.5. The Bertz CT molecular complexity index is 2250. The SMILES string of the molecule is COc1cc(O)c([C@H]2C3=CC[C@@H]4C(=O)N(CCc5ccc(O)cc5)C(=O)[C@@H]4[C@@H]3C[C@H]3C(=O)N(Nc4ccc(F)cc4)C(=O)[C@@]23c2ccc(Cl)cc2)c(OC)c1. The van der Waals surface area contributed by atoms with Crippen LogP contribution in [0, 0.1) is 29.5 Å². The molecule has 13 heteroatoms. The number of likely N-dealkylation sites (tertiary alicyclic amines) is 1. The number of hydrogen-bond donors (Lipinski definition) is 3. The number of nitrogens with zero attached hydrogens (tertiary/aromatic N) is 2. The third kappa shape index (κ3) is 5.69. The molecular weight excluding hydrogens is 729 g/mol. The van der Waals surface area contributed by atoms with Crippen molar-refractivity contribution in [2.24, 2.45) is 23.7 Å². The van der Waals surface area contributed by atoms with E-state index in [-0.39, 0.29) is 65.4 Å². The standard InChI is InChI=1S/C42H37ClFN3O8/c1-54-28-19-33(49)36(34(20-28)55-2)37-29-15-16-30-35(40(52)46(38(30)50)18-17-22-3-13-27(48)14-4-22)31(29)21-32-39(51)47(45-26-11-9-25(44)10-12-26)41(53)42(32,37)23-5-7-24(43)8-6-23/h3-15,19-20,30-32,35,37,45,48-49H,16-18,21H2,1-2H3/t30-,31+,32-,35-,37+,42+/m0/s1. The Labute approximate surface area is 320 Å². The van der Waals surface area contributed by atoms with Crippen LogP contribution in [0.4, 0.5) is 10.1 Å². The summed E-state index contributed by atoms with van der Waals surface area (Å²) in [5.41, 5.74) is 3.59. The topological polar surface area (TPSA) is 146 Å². The van der Waals surface area contributed by atoms with Crippen LogP contribution < -0.4 is 14.9 Å². The first-order valence-electron chi connectivity index (χ1n) is 17.9. The summed E-state index contributed by atoms with van der Waals surface area (Å²) in [7, 11) is 2.86. The number of nitrogens with one attached hydrogen (secondary N) is 1. The molecule has 0 unspecified atom stereocenters. The molecule has 6 atom stereocenters. The Morgan fingerprint density at radius 2 is 1.58 bits per heavy atom. The quantitative estimate of drug-likeness (QED) is 0.135. The fourth-order valence-electron chi connectivity index (χ4n) is 9.32. The van der Waals surface area contributed by atoms with Gasteiger partial charge in [-0.1, -0.05) is 47.5 Å². The van der Waals surface area contributed by atoms with Crippen LogP contribution in [0.5, 0.6) is 23.0 Å². The highest BCUT2D eigenvalue weighted by Gasteiger charge is 2.71. The number of phenols is 2. The van der Waals surface area contributed by atoms with Crippen LogP contribution in [0.15, 0.2) is 96.6 Å². The van der Waals surface area contributed by atoms with Gasteiger partial charge < -0.3 is 19.7 Å². The number of hydrogen-bond acceptors (Lipinski definition) is 9. The van der Waals surface area contributed by atoms with Crippen LogP contribution in [-0.2, 0) is 31.0 Å². The van der Waals surface area contributed by atoms with Gasteiger partial charge in [0.2, 0.25) is 11.8 Å². The van der Waals surface area contributed by atoms with E-state index in [9.17, 15) is 29.0 Å². The summed E-state index contributed by atoms with van der Waals surface area (Å²) in [6, 6.07) is 21.4. The fourth-order valence-corrected chi connectivity index (χ4v) is 9.45. The van der Waals surface area contributed by atoms with E-state index in [1.54, 1.807) is 54.6 Å². The van der Waals surface area contributed by atoms with Crippen molar-refractivity contribution in [2.45, 2.75) is 30.6 Å². The van der Waals surface area contributed by atoms with Gasteiger partial charge in [0, 0.05) is 35.2 Å². The summed E-state index contributed by atoms with van der Waals surface area (Å²) in [5, 5.41) is 22.9. The maximum absolute atomic E-state index is 15.4. The van der Waals surface area contributed by atoms with Gasteiger partial charge in [-0.15, -0.1) is 0 Å². The Hall–Kier alpha value is -5.88. The van der Waals surface area contributed by atoms with Crippen molar-refractivity contribution < 1.29 is 43.3 Å². The highest BCUT2D eigenvalue weighted by molar-refractivity contribution is 6.30. The second kappa shape index (κ2) is 13.8. The first kappa shape index (κ1) is 36.1. The number of rotatable bonds is 9. The minimum absolute atomic E-state index is 0.0301. The number of aromatic hydroxyl groups is 2. The molecule has 2 aliphatic carbocycles. The second-order valence-electron chi connectivity index (χ2n) is 14.4. The molecular formula is C42H37ClFN3O8. The van der Waals surface area contributed by atoms with Crippen LogP contribution in [0.1, 0.15) is 35.4 Å². The molecule has 4 aromatic rings. The molecule has 282 valence electrons. The number of carbonyl (C=O) groups is 4. The van der Waals surface area contributed by atoms with Crippen molar-refractivity contribution in [3.05, 3.63) is 124 Å². The lowest BCUT2D eigenvalue weighted by Crippen LogP contribution is -2.53. The highest BCUT2D eigenvalue weighted by atomic mass is 35.5. The van der Waals surface area contributed by atoms with Crippen LogP contribution in [0.2, 0.25) is 5.02 Å². The molecule has 0 spiro atoms. The van der Waals surface area contributed by atoms with E-state index in [0.717, 1.165) is 10.6 Å². The smallest absolute Gasteiger partial charge is 0.260 e. The van der Waals surface area contributed by atoms with Crippen molar-refractivity contribution in [1.82, 2.24) is 9.91 Å².